The van der Waals surface area contributed by atoms with Gasteiger partial charge in [-0.05, 0) is 63.3 Å². The minimum Gasteiger partial charge on any atom is -0.325 e. The summed E-state index contributed by atoms with van der Waals surface area (Å²) < 4.78 is 3.20. The number of nitrogens with zero attached hydrogens (tertiary/aromatic N) is 4. The monoisotopic (exact) mass is 427 g/mol. The third kappa shape index (κ3) is 3.60. The molecule has 0 fully saturated rings. The maximum Gasteiger partial charge on any atom is 0.279 e. The number of fused-ring (bicyclic) bond motifs is 2. The van der Waals surface area contributed by atoms with E-state index in [-0.39, 0.29) is 18.0 Å². The van der Waals surface area contributed by atoms with Crippen molar-refractivity contribution in [1.82, 2.24) is 19.2 Å². The van der Waals surface area contributed by atoms with Crippen molar-refractivity contribution >= 4 is 17.4 Å². The Labute approximate surface area is 185 Å². The van der Waals surface area contributed by atoms with Gasteiger partial charge in [0.25, 0.3) is 5.56 Å². The molecule has 32 heavy (non-hydrogen) atoms. The van der Waals surface area contributed by atoms with Crippen LogP contribution >= 0.6 is 0 Å². The Morgan fingerprint density at radius 3 is 2.44 bits per heavy atom. The highest BCUT2D eigenvalue weighted by Crippen LogP contribution is 2.23. The molecule has 0 atom stereocenters. The number of anilines is 1. The second kappa shape index (κ2) is 7.75. The summed E-state index contributed by atoms with van der Waals surface area (Å²) in [6.07, 6.45) is 2.34. The number of amides is 1. The lowest BCUT2D eigenvalue weighted by molar-refractivity contribution is -0.116. The van der Waals surface area contributed by atoms with Gasteiger partial charge in [-0.25, -0.2) is 0 Å². The molecule has 5 rings (SSSR count). The Morgan fingerprint density at radius 1 is 1.00 bits per heavy atom. The van der Waals surface area contributed by atoms with Crippen molar-refractivity contribution in [2.75, 3.05) is 5.32 Å². The van der Waals surface area contributed by atoms with Crippen molar-refractivity contribution < 1.29 is 4.79 Å². The van der Waals surface area contributed by atoms with Crippen LogP contribution in [0.5, 0.6) is 0 Å². The van der Waals surface area contributed by atoms with Crippen LogP contribution in [-0.4, -0.2) is 25.1 Å². The van der Waals surface area contributed by atoms with Crippen molar-refractivity contribution in [3.63, 3.8) is 0 Å². The molecule has 7 heteroatoms. The lowest BCUT2D eigenvalue weighted by Gasteiger charge is -2.14. The van der Waals surface area contributed by atoms with Crippen LogP contribution < -0.4 is 10.9 Å². The second-order valence-corrected chi connectivity index (χ2v) is 8.61. The first-order valence-corrected chi connectivity index (χ1v) is 10.9. The number of aromatic nitrogens is 4. The van der Waals surface area contributed by atoms with E-state index in [1.165, 1.54) is 4.52 Å². The molecule has 2 heterocycles. The fraction of sp³-hybridized carbons (Fsp3) is 0.280. The second-order valence-electron chi connectivity index (χ2n) is 8.61. The van der Waals surface area contributed by atoms with Crippen molar-refractivity contribution in [2.45, 2.75) is 46.6 Å². The Balaban J connectivity index is 1.57. The SMILES string of the molecule is Cc1ccc(-c2nc3n(CC(=O)Nc4cc(C)cc(C)c4)c4c(c(=O)n3n2)CCC4)cc1. The lowest BCUT2D eigenvalue weighted by Crippen LogP contribution is -2.28. The van der Waals surface area contributed by atoms with Gasteiger partial charge in [-0.2, -0.15) is 9.50 Å². The highest BCUT2D eigenvalue weighted by molar-refractivity contribution is 5.91. The maximum atomic E-state index is 13.1. The van der Waals surface area contributed by atoms with E-state index >= 15 is 0 Å². The molecular weight excluding hydrogens is 402 g/mol. The van der Waals surface area contributed by atoms with Crippen LogP contribution in [0.15, 0.2) is 47.3 Å². The molecule has 1 aliphatic rings. The minimum atomic E-state index is -0.158. The van der Waals surface area contributed by atoms with E-state index < -0.39 is 0 Å². The zero-order valence-electron chi connectivity index (χ0n) is 18.5. The van der Waals surface area contributed by atoms with Gasteiger partial charge < -0.3 is 9.88 Å². The zero-order chi connectivity index (χ0) is 22.4. The summed E-state index contributed by atoms with van der Waals surface area (Å²) >= 11 is 0. The van der Waals surface area contributed by atoms with Gasteiger partial charge in [0, 0.05) is 22.5 Å². The van der Waals surface area contributed by atoms with Gasteiger partial charge in [-0.15, -0.1) is 5.10 Å². The van der Waals surface area contributed by atoms with Crippen molar-refractivity contribution in [1.29, 1.82) is 0 Å². The van der Waals surface area contributed by atoms with E-state index in [9.17, 15) is 9.59 Å². The molecule has 0 unspecified atom stereocenters. The molecule has 1 N–H and O–H groups in total. The standard InChI is InChI=1S/C25H25N5O2/c1-15-7-9-18(10-8-15)23-27-25-29(21-6-4-5-20(21)24(32)30(25)28-23)14-22(31)26-19-12-16(2)11-17(3)13-19/h7-13H,4-6,14H2,1-3H3,(H,26,31). The van der Waals surface area contributed by atoms with Crippen molar-refractivity contribution in [3.05, 3.63) is 80.8 Å². The molecule has 2 aromatic carbocycles. The third-order valence-electron chi connectivity index (χ3n) is 5.91. The Hall–Kier alpha value is -3.74. The molecule has 7 nitrogen and oxygen atoms in total. The van der Waals surface area contributed by atoms with Gasteiger partial charge >= 0.3 is 0 Å². The molecule has 4 aromatic rings. The number of hydrogen-bond donors (Lipinski definition) is 1. The van der Waals surface area contributed by atoms with Crippen LogP contribution in [0.3, 0.4) is 0 Å². The number of hydrogen-bond acceptors (Lipinski definition) is 4. The highest BCUT2D eigenvalue weighted by Gasteiger charge is 2.25. The van der Waals surface area contributed by atoms with E-state index in [4.69, 9.17) is 0 Å². The van der Waals surface area contributed by atoms with Crippen molar-refractivity contribution in [2.24, 2.45) is 0 Å². The van der Waals surface area contributed by atoms with Gasteiger partial charge in [0.05, 0.1) is 0 Å². The summed E-state index contributed by atoms with van der Waals surface area (Å²) in [5.41, 5.74) is 6.41. The molecule has 0 radical (unpaired) electrons. The molecule has 0 saturated carbocycles. The van der Waals surface area contributed by atoms with Crippen LogP contribution in [0.2, 0.25) is 0 Å². The van der Waals surface area contributed by atoms with Crippen LogP contribution in [-0.2, 0) is 24.2 Å². The first kappa shape index (κ1) is 20.2. The summed E-state index contributed by atoms with van der Waals surface area (Å²) in [6, 6.07) is 13.8. The van der Waals surface area contributed by atoms with Crippen molar-refractivity contribution in [3.8, 4) is 11.4 Å². The van der Waals surface area contributed by atoms with Crippen LogP contribution in [0.1, 0.15) is 34.4 Å². The summed E-state index contributed by atoms with van der Waals surface area (Å²) in [4.78, 5) is 30.7. The van der Waals surface area contributed by atoms with Crippen LogP contribution in [0.25, 0.3) is 17.2 Å². The molecule has 0 aliphatic heterocycles. The zero-order valence-corrected chi connectivity index (χ0v) is 18.5. The smallest absolute Gasteiger partial charge is 0.279 e. The van der Waals surface area contributed by atoms with E-state index in [1.807, 2.05) is 61.7 Å². The normalized spacial score (nSPS) is 12.8. The summed E-state index contributed by atoms with van der Waals surface area (Å²) in [7, 11) is 0. The molecule has 162 valence electrons. The summed E-state index contributed by atoms with van der Waals surface area (Å²) in [5.74, 6) is 0.727. The summed E-state index contributed by atoms with van der Waals surface area (Å²) in [5, 5.41) is 7.50. The molecule has 2 aromatic heterocycles. The number of aryl methyl sites for hydroxylation is 3. The average molecular weight is 428 g/mol. The number of benzene rings is 2. The molecule has 0 spiro atoms. The average Bonchev–Trinajstić information content (AvgIpc) is 3.39. The van der Waals surface area contributed by atoms with Crippen LogP contribution in [0, 0.1) is 20.8 Å². The van der Waals surface area contributed by atoms with Crippen LogP contribution in [0.4, 0.5) is 5.69 Å². The van der Waals surface area contributed by atoms with Gasteiger partial charge in [0.2, 0.25) is 11.7 Å². The third-order valence-corrected chi connectivity index (χ3v) is 5.91. The Bertz CT molecular complexity index is 1390. The molecular formula is C25H25N5O2. The highest BCUT2D eigenvalue weighted by atomic mass is 16.2. The molecule has 1 amide bonds. The van der Waals surface area contributed by atoms with Gasteiger partial charge in [-0.1, -0.05) is 35.9 Å². The Kier molecular flexibility index (Phi) is 4.89. The predicted octanol–water partition coefficient (Wildman–Crippen LogP) is 3.61. The molecule has 0 bridgehead atoms. The fourth-order valence-electron chi connectivity index (χ4n) is 4.50. The van der Waals surface area contributed by atoms with E-state index in [0.717, 1.165) is 52.0 Å². The topological polar surface area (TPSA) is 81.3 Å². The molecule has 1 aliphatic carbocycles. The quantitative estimate of drug-likeness (QED) is 0.539. The van der Waals surface area contributed by atoms with E-state index in [0.29, 0.717) is 18.0 Å². The lowest BCUT2D eigenvalue weighted by atomic mass is 10.1. The first-order valence-electron chi connectivity index (χ1n) is 10.9. The Morgan fingerprint density at radius 2 is 1.72 bits per heavy atom. The summed E-state index contributed by atoms with van der Waals surface area (Å²) in [6.45, 7) is 6.10. The maximum absolute atomic E-state index is 13.1. The predicted molar refractivity (Wildman–Crippen MR) is 124 cm³/mol. The number of carbonyl (C=O) groups excluding carboxylic acids is 1. The number of carbonyl (C=O) groups is 1. The van der Waals surface area contributed by atoms with Gasteiger partial charge in [0.15, 0.2) is 5.82 Å². The number of nitrogens with one attached hydrogen (secondary N) is 1. The number of rotatable bonds is 4. The van der Waals surface area contributed by atoms with E-state index in [2.05, 4.69) is 21.5 Å². The first-order chi connectivity index (χ1) is 15.4. The molecule has 0 saturated heterocycles. The fourth-order valence-corrected chi connectivity index (χ4v) is 4.50. The van der Waals surface area contributed by atoms with Gasteiger partial charge in [-0.3, -0.25) is 9.59 Å². The van der Waals surface area contributed by atoms with Gasteiger partial charge in [0.1, 0.15) is 6.54 Å². The minimum absolute atomic E-state index is 0.0745. The largest absolute Gasteiger partial charge is 0.325 e. The van der Waals surface area contributed by atoms with E-state index in [1.54, 1.807) is 0 Å².